The lowest BCUT2D eigenvalue weighted by Gasteiger charge is -2.37. The number of aliphatic carboxylic acids is 1. The minimum Gasteiger partial charge on any atom is -0.480 e. The summed E-state index contributed by atoms with van der Waals surface area (Å²) in [5.74, 6) is -5.99. The molecule has 4 atom stereocenters. The molecule has 0 amide bonds. The van der Waals surface area contributed by atoms with Gasteiger partial charge in [0.1, 0.15) is 17.3 Å². The van der Waals surface area contributed by atoms with Gasteiger partial charge in [-0.15, -0.1) is 0 Å². The Morgan fingerprint density at radius 3 is 2.45 bits per heavy atom. The fourth-order valence-corrected chi connectivity index (χ4v) is 4.70. The Bertz CT molecular complexity index is 1060. The summed E-state index contributed by atoms with van der Waals surface area (Å²) in [4.78, 5) is 12.2. The molecule has 3 rings (SSSR count). The van der Waals surface area contributed by atoms with Crippen molar-refractivity contribution in [3.05, 3.63) is 70.0 Å². The number of hydrogen-bond acceptors (Lipinski definition) is 3. The van der Waals surface area contributed by atoms with Crippen LogP contribution in [0.3, 0.4) is 0 Å². The number of rotatable bonds is 4. The fraction of sp³-hybridized carbons (Fsp3) is 0.391. The molecule has 4 nitrogen and oxygen atoms in total. The molecule has 0 aromatic heterocycles. The molecule has 31 heavy (non-hydrogen) atoms. The largest absolute Gasteiger partial charge is 0.480 e. The van der Waals surface area contributed by atoms with Crippen LogP contribution in [0.15, 0.2) is 36.4 Å². The lowest BCUT2D eigenvalue weighted by molar-refractivity contribution is -0.139. The van der Waals surface area contributed by atoms with Gasteiger partial charge in [0.2, 0.25) is 0 Å². The van der Waals surface area contributed by atoms with E-state index in [1.807, 2.05) is 20.8 Å². The number of carboxylic acid groups (broad SMARTS) is 1. The van der Waals surface area contributed by atoms with Crippen molar-refractivity contribution in [2.45, 2.75) is 50.6 Å². The van der Waals surface area contributed by atoms with Crippen molar-refractivity contribution in [1.29, 1.82) is 5.26 Å². The average molecular weight is 451 g/mol. The molecular formula is C23H22ClF3N2O2. The van der Waals surface area contributed by atoms with Crippen molar-refractivity contribution in [1.82, 2.24) is 5.32 Å². The molecular weight excluding hydrogens is 429 g/mol. The molecule has 1 aliphatic rings. The van der Waals surface area contributed by atoms with E-state index in [0.717, 1.165) is 12.1 Å². The molecule has 0 aliphatic carbocycles. The molecule has 1 fully saturated rings. The highest BCUT2D eigenvalue weighted by atomic mass is 35.5. The molecule has 1 aliphatic heterocycles. The Morgan fingerprint density at radius 1 is 1.23 bits per heavy atom. The molecule has 0 radical (unpaired) electrons. The summed E-state index contributed by atoms with van der Waals surface area (Å²) in [6, 6.07) is 6.91. The highest BCUT2D eigenvalue weighted by Gasteiger charge is 2.61. The molecule has 1 saturated heterocycles. The molecule has 164 valence electrons. The first-order valence-corrected chi connectivity index (χ1v) is 10.1. The van der Waals surface area contributed by atoms with E-state index >= 15 is 4.39 Å². The van der Waals surface area contributed by atoms with Gasteiger partial charge in [-0.05, 0) is 35.6 Å². The zero-order valence-electron chi connectivity index (χ0n) is 17.2. The van der Waals surface area contributed by atoms with Crippen LogP contribution >= 0.6 is 11.6 Å². The Kier molecular flexibility index (Phi) is 6.09. The lowest BCUT2D eigenvalue weighted by atomic mass is 9.62. The number of nitrogens with zero attached hydrogens (tertiary/aromatic N) is 1. The van der Waals surface area contributed by atoms with Crippen LogP contribution in [0, 0.1) is 34.2 Å². The Balaban J connectivity index is 2.38. The highest BCUT2D eigenvalue weighted by Crippen LogP contribution is 2.52. The van der Waals surface area contributed by atoms with Crippen LogP contribution in [0.4, 0.5) is 13.2 Å². The molecule has 1 heterocycles. The van der Waals surface area contributed by atoms with E-state index in [4.69, 9.17) is 11.6 Å². The fourth-order valence-electron chi connectivity index (χ4n) is 4.54. The first-order chi connectivity index (χ1) is 14.4. The van der Waals surface area contributed by atoms with Crippen LogP contribution in [-0.2, 0) is 10.2 Å². The van der Waals surface area contributed by atoms with Gasteiger partial charge in [-0.25, -0.2) is 13.2 Å². The zero-order valence-corrected chi connectivity index (χ0v) is 18.0. The van der Waals surface area contributed by atoms with E-state index in [0.29, 0.717) is 0 Å². The third kappa shape index (κ3) is 4.02. The van der Waals surface area contributed by atoms with E-state index in [2.05, 4.69) is 11.4 Å². The second-order valence-electron chi connectivity index (χ2n) is 9.03. The first kappa shape index (κ1) is 23.1. The van der Waals surface area contributed by atoms with Gasteiger partial charge >= 0.3 is 5.97 Å². The number of carbonyl (C=O) groups is 1. The van der Waals surface area contributed by atoms with Crippen LogP contribution in [0.25, 0.3) is 0 Å². The summed E-state index contributed by atoms with van der Waals surface area (Å²) in [5.41, 5.74) is -2.63. The molecule has 2 aromatic rings. The van der Waals surface area contributed by atoms with E-state index in [1.54, 1.807) is 0 Å². The van der Waals surface area contributed by atoms with E-state index < -0.39 is 46.8 Å². The maximum Gasteiger partial charge on any atom is 0.321 e. The van der Waals surface area contributed by atoms with Crippen molar-refractivity contribution in [3.8, 4) is 6.07 Å². The summed E-state index contributed by atoms with van der Waals surface area (Å²) >= 11 is 5.89. The van der Waals surface area contributed by atoms with E-state index in [1.165, 1.54) is 24.3 Å². The molecule has 2 aromatic carbocycles. The summed E-state index contributed by atoms with van der Waals surface area (Å²) < 4.78 is 44.2. The SMILES string of the molecule is CC(C)(C)C[C@H]1N[C@H](C(=O)O)[C@@H](c2cccc(F)c2F)[C@]1(C#N)c1ccc(Cl)cc1F. The van der Waals surface area contributed by atoms with Gasteiger partial charge in [-0.3, -0.25) is 10.1 Å². The van der Waals surface area contributed by atoms with Crippen LogP contribution in [0.5, 0.6) is 0 Å². The lowest BCUT2D eigenvalue weighted by Crippen LogP contribution is -2.44. The van der Waals surface area contributed by atoms with Gasteiger partial charge in [-0.2, -0.15) is 5.26 Å². The second kappa shape index (κ2) is 8.18. The topological polar surface area (TPSA) is 73.1 Å². The van der Waals surface area contributed by atoms with Crippen molar-refractivity contribution in [2.24, 2.45) is 5.41 Å². The van der Waals surface area contributed by atoms with Crippen LogP contribution in [0.1, 0.15) is 44.2 Å². The Hall–Kier alpha value is -2.56. The number of nitriles is 1. The average Bonchev–Trinajstić information content (AvgIpc) is 2.97. The second-order valence-corrected chi connectivity index (χ2v) is 9.46. The van der Waals surface area contributed by atoms with Crippen molar-refractivity contribution in [3.63, 3.8) is 0 Å². The molecule has 2 N–H and O–H groups in total. The van der Waals surface area contributed by atoms with Gasteiger partial charge in [0.05, 0.1) is 6.07 Å². The van der Waals surface area contributed by atoms with Crippen molar-refractivity contribution < 1.29 is 23.1 Å². The molecule has 0 bridgehead atoms. The standard InChI is InChI=1S/C23H22ClF3N2O2/c1-22(2,3)10-17-23(11-28,14-8-7-12(24)9-16(14)26)18(20(29-17)21(30)31)13-5-4-6-15(25)19(13)27/h4-9,17-18,20,29H,10H2,1-3H3,(H,30,31)/t17-,18-,20+,23-/m1/s1. The monoisotopic (exact) mass is 450 g/mol. The smallest absolute Gasteiger partial charge is 0.321 e. The summed E-state index contributed by atoms with van der Waals surface area (Å²) in [6.45, 7) is 5.67. The Labute approximate surface area is 183 Å². The number of carboxylic acids is 1. The third-order valence-corrected chi connectivity index (χ3v) is 5.95. The van der Waals surface area contributed by atoms with Crippen LogP contribution in [0.2, 0.25) is 5.02 Å². The predicted octanol–water partition coefficient (Wildman–Crippen LogP) is 5.16. The first-order valence-electron chi connectivity index (χ1n) is 9.72. The van der Waals surface area contributed by atoms with Gasteiger partial charge in [0.15, 0.2) is 11.6 Å². The summed E-state index contributed by atoms with van der Waals surface area (Å²) in [6.07, 6.45) is 0.278. The van der Waals surface area contributed by atoms with Crippen LogP contribution < -0.4 is 5.32 Å². The van der Waals surface area contributed by atoms with E-state index in [9.17, 15) is 23.9 Å². The van der Waals surface area contributed by atoms with Gasteiger partial charge in [0.25, 0.3) is 0 Å². The molecule has 0 saturated carbocycles. The summed E-state index contributed by atoms with van der Waals surface area (Å²) in [5, 5.41) is 23.3. The number of nitrogens with one attached hydrogen (secondary N) is 1. The van der Waals surface area contributed by atoms with Gasteiger partial charge < -0.3 is 5.11 Å². The van der Waals surface area contributed by atoms with E-state index in [-0.39, 0.29) is 28.0 Å². The van der Waals surface area contributed by atoms with Crippen LogP contribution in [-0.4, -0.2) is 23.2 Å². The maximum atomic E-state index is 15.2. The van der Waals surface area contributed by atoms with Gasteiger partial charge in [0, 0.05) is 22.5 Å². The minimum atomic E-state index is -1.83. The quantitative estimate of drug-likeness (QED) is 0.674. The molecule has 0 unspecified atom stereocenters. The minimum absolute atomic E-state index is 0.0935. The zero-order chi connectivity index (χ0) is 23.1. The van der Waals surface area contributed by atoms with Crippen molar-refractivity contribution >= 4 is 17.6 Å². The number of benzene rings is 2. The predicted molar refractivity (Wildman–Crippen MR) is 110 cm³/mol. The molecule has 8 heteroatoms. The van der Waals surface area contributed by atoms with Gasteiger partial charge in [-0.1, -0.05) is 50.6 Å². The maximum absolute atomic E-state index is 15.2. The normalized spacial score (nSPS) is 25.9. The highest BCUT2D eigenvalue weighted by molar-refractivity contribution is 6.30. The molecule has 0 spiro atoms. The van der Waals surface area contributed by atoms with Crippen molar-refractivity contribution in [2.75, 3.05) is 0 Å². The Morgan fingerprint density at radius 2 is 1.90 bits per heavy atom. The number of halogens is 4. The number of hydrogen-bond donors (Lipinski definition) is 2. The third-order valence-electron chi connectivity index (χ3n) is 5.72. The summed E-state index contributed by atoms with van der Waals surface area (Å²) in [7, 11) is 0.